The summed E-state index contributed by atoms with van der Waals surface area (Å²) in [6, 6.07) is -0.774. The fourth-order valence-electron chi connectivity index (χ4n) is 6.46. The summed E-state index contributed by atoms with van der Waals surface area (Å²) in [6.07, 6.45) is 38.2. The average Bonchev–Trinajstić information content (AvgIpc) is 3.17. The average molecular weight is 762 g/mol. The molecule has 9 heteroatoms. The van der Waals surface area contributed by atoms with E-state index >= 15 is 0 Å². The second kappa shape index (κ2) is 35.3. The first kappa shape index (κ1) is 49.9. The van der Waals surface area contributed by atoms with Gasteiger partial charge < -0.3 is 40.3 Å². The molecule has 0 aromatic heterocycles. The highest BCUT2D eigenvalue weighted by molar-refractivity contribution is 5.77. The van der Waals surface area contributed by atoms with Crippen molar-refractivity contribution in [3.63, 3.8) is 0 Å². The maximum absolute atomic E-state index is 12.9. The first-order valence-corrected chi connectivity index (χ1v) is 21.5. The maximum Gasteiger partial charge on any atom is 0.224 e. The number of carbonyl (C=O) groups excluding carboxylic acids is 1. The van der Waals surface area contributed by atoms with E-state index in [1.54, 1.807) is 6.08 Å². The highest BCUT2D eigenvalue weighted by Gasteiger charge is 2.44. The number of unbranched alkanes of at least 4 members (excludes halogenated alkanes) is 15. The van der Waals surface area contributed by atoms with Crippen LogP contribution in [0.25, 0.3) is 0 Å². The molecule has 0 bridgehead atoms. The van der Waals surface area contributed by atoms with Gasteiger partial charge in [0.25, 0.3) is 0 Å². The number of aliphatic hydroxyl groups is 5. The van der Waals surface area contributed by atoms with E-state index in [2.05, 4.69) is 67.8 Å². The number of nitrogens with one attached hydrogen (secondary N) is 1. The second-order valence-corrected chi connectivity index (χ2v) is 14.8. The molecule has 0 saturated carbocycles. The van der Waals surface area contributed by atoms with Crippen molar-refractivity contribution in [3.05, 3.63) is 60.8 Å². The van der Waals surface area contributed by atoms with E-state index in [1.165, 1.54) is 83.5 Å². The molecule has 0 radical (unpaired) electrons. The third-order valence-corrected chi connectivity index (χ3v) is 9.91. The molecular formula is C45H79NO8. The molecule has 6 N–H and O–H groups in total. The van der Waals surface area contributed by atoms with Gasteiger partial charge in [-0.05, 0) is 38.5 Å². The minimum absolute atomic E-state index is 0.135. The smallest absolute Gasteiger partial charge is 0.224 e. The van der Waals surface area contributed by atoms with Crippen molar-refractivity contribution in [2.75, 3.05) is 13.2 Å². The van der Waals surface area contributed by atoms with Crippen LogP contribution in [0.1, 0.15) is 162 Å². The van der Waals surface area contributed by atoms with Crippen LogP contribution in [0.4, 0.5) is 0 Å². The number of amides is 1. The van der Waals surface area contributed by atoms with E-state index in [1.807, 2.05) is 6.08 Å². The molecule has 1 aliphatic heterocycles. The molecular weight excluding hydrogens is 682 g/mol. The Morgan fingerprint density at radius 2 is 1.07 bits per heavy atom. The van der Waals surface area contributed by atoms with Gasteiger partial charge in [0.1, 0.15) is 24.4 Å². The molecule has 1 fully saturated rings. The van der Waals surface area contributed by atoms with Gasteiger partial charge in [0.05, 0.1) is 25.4 Å². The van der Waals surface area contributed by atoms with Crippen molar-refractivity contribution < 1.29 is 39.8 Å². The Morgan fingerprint density at radius 1 is 0.630 bits per heavy atom. The van der Waals surface area contributed by atoms with Crippen LogP contribution in [0, 0.1) is 0 Å². The lowest BCUT2D eigenvalue weighted by Crippen LogP contribution is -2.60. The summed E-state index contributed by atoms with van der Waals surface area (Å²) in [6.45, 7) is 3.64. The van der Waals surface area contributed by atoms with Gasteiger partial charge in [-0.15, -0.1) is 0 Å². The Morgan fingerprint density at radius 3 is 1.54 bits per heavy atom. The highest BCUT2D eigenvalue weighted by Crippen LogP contribution is 2.23. The zero-order valence-electron chi connectivity index (χ0n) is 34.0. The molecule has 0 aromatic carbocycles. The SMILES string of the molecule is CC/C=C\C/C=C\C/C=C\C/C=C\C/C=C\CC(=O)NC(COC1OC(CO)C(O)C(O)C1O)C(O)CCCCCCCCCCCCCCCCCC. The fourth-order valence-corrected chi connectivity index (χ4v) is 6.46. The first-order valence-electron chi connectivity index (χ1n) is 21.5. The van der Waals surface area contributed by atoms with Crippen molar-refractivity contribution in [1.82, 2.24) is 5.32 Å². The molecule has 0 aromatic rings. The number of hydrogen-bond acceptors (Lipinski definition) is 8. The number of hydrogen-bond donors (Lipinski definition) is 6. The van der Waals surface area contributed by atoms with Crippen molar-refractivity contribution in [2.24, 2.45) is 0 Å². The van der Waals surface area contributed by atoms with E-state index in [0.717, 1.165) is 44.9 Å². The van der Waals surface area contributed by atoms with Gasteiger partial charge in [0.2, 0.25) is 5.91 Å². The van der Waals surface area contributed by atoms with Gasteiger partial charge in [-0.3, -0.25) is 4.79 Å². The van der Waals surface area contributed by atoms with Gasteiger partial charge in [-0.1, -0.05) is 177 Å². The van der Waals surface area contributed by atoms with E-state index in [4.69, 9.17) is 9.47 Å². The van der Waals surface area contributed by atoms with E-state index in [-0.39, 0.29) is 18.9 Å². The van der Waals surface area contributed by atoms with Crippen molar-refractivity contribution in [3.8, 4) is 0 Å². The minimum Gasteiger partial charge on any atom is -0.394 e. The molecule has 1 heterocycles. The summed E-state index contributed by atoms with van der Waals surface area (Å²) in [5, 5.41) is 54.1. The largest absolute Gasteiger partial charge is 0.394 e. The van der Waals surface area contributed by atoms with Gasteiger partial charge >= 0.3 is 0 Å². The Labute approximate surface area is 328 Å². The predicted molar refractivity (Wildman–Crippen MR) is 221 cm³/mol. The third-order valence-electron chi connectivity index (χ3n) is 9.91. The van der Waals surface area contributed by atoms with E-state index < -0.39 is 49.5 Å². The Kier molecular flexibility index (Phi) is 32.6. The van der Waals surface area contributed by atoms with Crippen LogP contribution in [-0.4, -0.2) is 87.5 Å². The molecule has 0 aliphatic carbocycles. The van der Waals surface area contributed by atoms with E-state index in [0.29, 0.717) is 12.8 Å². The van der Waals surface area contributed by atoms with Gasteiger partial charge in [0, 0.05) is 6.42 Å². The van der Waals surface area contributed by atoms with Crippen molar-refractivity contribution >= 4 is 5.91 Å². The lowest BCUT2D eigenvalue weighted by molar-refractivity contribution is -0.302. The molecule has 0 spiro atoms. The molecule has 7 unspecified atom stereocenters. The quantitative estimate of drug-likeness (QED) is 0.0283. The van der Waals surface area contributed by atoms with Crippen LogP contribution in [0.15, 0.2) is 60.8 Å². The van der Waals surface area contributed by atoms with Crippen LogP contribution in [0.2, 0.25) is 0 Å². The molecule has 1 rings (SSSR count). The van der Waals surface area contributed by atoms with Crippen molar-refractivity contribution in [2.45, 2.75) is 204 Å². The molecule has 312 valence electrons. The summed E-state index contributed by atoms with van der Waals surface area (Å²) in [5.41, 5.74) is 0. The number of allylic oxidation sites excluding steroid dienone is 9. The monoisotopic (exact) mass is 762 g/mol. The fraction of sp³-hybridized carbons (Fsp3) is 0.756. The zero-order valence-corrected chi connectivity index (χ0v) is 34.0. The maximum atomic E-state index is 12.9. The Bertz CT molecular complexity index is 1030. The van der Waals surface area contributed by atoms with Crippen LogP contribution in [0.3, 0.4) is 0 Å². The van der Waals surface area contributed by atoms with Gasteiger partial charge in [-0.25, -0.2) is 0 Å². The number of rotatable bonds is 34. The summed E-state index contributed by atoms with van der Waals surface area (Å²) >= 11 is 0. The number of aliphatic hydroxyl groups excluding tert-OH is 5. The molecule has 1 amide bonds. The second-order valence-electron chi connectivity index (χ2n) is 14.8. The summed E-state index contributed by atoms with van der Waals surface area (Å²) < 4.78 is 11.2. The van der Waals surface area contributed by atoms with Crippen LogP contribution in [-0.2, 0) is 14.3 Å². The predicted octanol–water partition coefficient (Wildman–Crippen LogP) is 8.44. The lowest BCUT2D eigenvalue weighted by Gasteiger charge is -2.40. The molecule has 9 nitrogen and oxygen atoms in total. The topological polar surface area (TPSA) is 149 Å². The number of ether oxygens (including phenoxy) is 2. The Balaban J connectivity index is 2.44. The van der Waals surface area contributed by atoms with E-state index in [9.17, 15) is 30.3 Å². The molecule has 1 saturated heterocycles. The molecule has 7 atom stereocenters. The highest BCUT2D eigenvalue weighted by atomic mass is 16.7. The molecule has 54 heavy (non-hydrogen) atoms. The standard InChI is InChI=1S/C45H79NO8/c1-3-5-7-9-11-13-15-17-19-21-22-24-26-28-30-32-34-39(48)38(37-53-45-44(52)43(51)42(50)40(36-47)54-45)46-41(49)35-33-31-29-27-25-23-20-18-16-14-12-10-8-6-4-2/h6,8,12,14,18,20,25,27,31,33,38-40,42-45,47-48,50-52H,3-5,7,9-11,13,15-17,19,21-24,26,28-30,32,34-37H2,1-2H3,(H,46,49)/b8-6-,14-12-,20-18-,27-25-,33-31-. The Hall–Kier alpha value is -2.11. The lowest BCUT2D eigenvalue weighted by atomic mass is 9.99. The van der Waals surface area contributed by atoms with Gasteiger partial charge in [-0.2, -0.15) is 0 Å². The van der Waals surface area contributed by atoms with Crippen LogP contribution < -0.4 is 5.32 Å². The molecule has 1 aliphatic rings. The van der Waals surface area contributed by atoms with Crippen LogP contribution in [0.5, 0.6) is 0 Å². The zero-order chi connectivity index (χ0) is 39.5. The normalized spacial score (nSPS) is 22.1. The minimum atomic E-state index is -1.57. The summed E-state index contributed by atoms with van der Waals surface area (Å²) in [7, 11) is 0. The summed E-state index contributed by atoms with van der Waals surface area (Å²) in [5.74, 6) is -0.273. The third kappa shape index (κ3) is 25.9. The van der Waals surface area contributed by atoms with Crippen LogP contribution >= 0.6 is 0 Å². The van der Waals surface area contributed by atoms with Gasteiger partial charge in [0.15, 0.2) is 6.29 Å². The summed E-state index contributed by atoms with van der Waals surface area (Å²) in [4.78, 5) is 12.9. The first-order chi connectivity index (χ1) is 26.3. The van der Waals surface area contributed by atoms with Crippen molar-refractivity contribution in [1.29, 1.82) is 0 Å². The number of carbonyl (C=O) groups is 1.